The van der Waals surface area contributed by atoms with Gasteiger partial charge in [-0.25, -0.2) is 0 Å². The third-order valence-corrected chi connectivity index (χ3v) is 2.66. The molecule has 0 aliphatic rings. The number of fused-ring (bicyclic) bond motifs is 1. The molecule has 0 bridgehead atoms. The van der Waals surface area contributed by atoms with E-state index >= 15 is 0 Å². The maximum atomic E-state index is 8.64. The Hall–Kier alpha value is -1.55. The summed E-state index contributed by atoms with van der Waals surface area (Å²) in [6, 6.07) is 8.32. The predicted molar refractivity (Wildman–Crippen MR) is 68.1 cm³/mol. The van der Waals surface area contributed by atoms with E-state index in [2.05, 4.69) is 10.3 Å². The van der Waals surface area contributed by atoms with E-state index in [-0.39, 0.29) is 0 Å². The molecule has 0 aliphatic carbocycles. The fourth-order valence-electron chi connectivity index (χ4n) is 1.73. The molecule has 0 unspecified atom stereocenters. The average Bonchev–Trinajstić information content (AvgIpc) is 2.76. The van der Waals surface area contributed by atoms with Crippen LogP contribution < -0.4 is 5.32 Å². The fourth-order valence-corrected chi connectivity index (χ4v) is 1.73. The van der Waals surface area contributed by atoms with E-state index < -0.39 is 0 Å². The van der Waals surface area contributed by atoms with E-state index in [9.17, 15) is 0 Å². The van der Waals surface area contributed by atoms with Crippen molar-refractivity contribution in [2.45, 2.75) is 25.7 Å². The van der Waals surface area contributed by atoms with Crippen molar-refractivity contribution in [2.75, 3.05) is 18.5 Å². The number of hydrogen-bond donors (Lipinski definition) is 2. The van der Waals surface area contributed by atoms with Gasteiger partial charge in [0.1, 0.15) is 5.52 Å². The van der Waals surface area contributed by atoms with Crippen molar-refractivity contribution >= 4 is 17.1 Å². The van der Waals surface area contributed by atoms with Gasteiger partial charge in [-0.3, -0.25) is 0 Å². The standard InChI is InChI=1S/C13H18N2O2/c16-10-6-2-1-5-9-14-13-15-11-7-3-4-8-12(11)17-13/h3-4,7-8,16H,1-2,5-6,9-10H2,(H,14,15). The maximum absolute atomic E-state index is 8.64. The van der Waals surface area contributed by atoms with Gasteiger partial charge >= 0.3 is 0 Å². The molecule has 0 spiro atoms. The molecule has 0 saturated heterocycles. The third kappa shape index (κ3) is 3.46. The number of para-hydroxylation sites is 2. The monoisotopic (exact) mass is 234 g/mol. The first-order chi connectivity index (χ1) is 8.40. The summed E-state index contributed by atoms with van der Waals surface area (Å²) in [6.07, 6.45) is 4.15. The number of nitrogens with one attached hydrogen (secondary N) is 1. The summed E-state index contributed by atoms with van der Waals surface area (Å²) < 4.78 is 5.53. The second-order valence-corrected chi connectivity index (χ2v) is 4.05. The average molecular weight is 234 g/mol. The Morgan fingerprint density at radius 1 is 1.12 bits per heavy atom. The molecular weight excluding hydrogens is 216 g/mol. The van der Waals surface area contributed by atoms with Gasteiger partial charge < -0.3 is 14.8 Å². The summed E-state index contributed by atoms with van der Waals surface area (Å²) in [5, 5.41) is 11.8. The lowest BCUT2D eigenvalue weighted by molar-refractivity contribution is 0.283. The highest BCUT2D eigenvalue weighted by molar-refractivity contribution is 5.74. The maximum Gasteiger partial charge on any atom is 0.295 e. The number of aromatic nitrogens is 1. The van der Waals surface area contributed by atoms with Crippen LogP contribution in [0.25, 0.3) is 11.1 Å². The van der Waals surface area contributed by atoms with Gasteiger partial charge in [-0.05, 0) is 25.0 Å². The summed E-state index contributed by atoms with van der Waals surface area (Å²) >= 11 is 0. The smallest absolute Gasteiger partial charge is 0.295 e. The molecule has 0 atom stereocenters. The van der Waals surface area contributed by atoms with E-state index in [1.54, 1.807) is 0 Å². The predicted octanol–water partition coefficient (Wildman–Crippen LogP) is 2.79. The summed E-state index contributed by atoms with van der Waals surface area (Å²) in [6.45, 7) is 1.15. The lowest BCUT2D eigenvalue weighted by Crippen LogP contribution is -2.01. The topological polar surface area (TPSA) is 58.3 Å². The van der Waals surface area contributed by atoms with Crippen molar-refractivity contribution in [3.8, 4) is 0 Å². The number of rotatable bonds is 7. The normalized spacial score (nSPS) is 10.9. The van der Waals surface area contributed by atoms with Gasteiger partial charge in [0.2, 0.25) is 0 Å². The van der Waals surface area contributed by atoms with Crippen molar-refractivity contribution in [1.82, 2.24) is 4.98 Å². The molecule has 1 aromatic carbocycles. The van der Waals surface area contributed by atoms with Crippen LogP contribution in [0.5, 0.6) is 0 Å². The van der Waals surface area contributed by atoms with Crippen molar-refractivity contribution < 1.29 is 9.52 Å². The van der Waals surface area contributed by atoms with Gasteiger partial charge in [-0.1, -0.05) is 25.0 Å². The largest absolute Gasteiger partial charge is 0.424 e. The number of unbranched alkanes of at least 4 members (excludes halogenated alkanes) is 3. The zero-order valence-electron chi connectivity index (χ0n) is 9.85. The molecule has 17 heavy (non-hydrogen) atoms. The minimum atomic E-state index is 0.290. The summed E-state index contributed by atoms with van der Waals surface area (Å²) in [5.74, 6) is 0. The molecular formula is C13H18N2O2. The highest BCUT2D eigenvalue weighted by atomic mass is 16.4. The molecule has 4 heteroatoms. The molecule has 4 nitrogen and oxygen atoms in total. The van der Waals surface area contributed by atoms with Gasteiger partial charge in [0, 0.05) is 13.2 Å². The first-order valence-electron chi connectivity index (χ1n) is 6.10. The van der Waals surface area contributed by atoms with Crippen molar-refractivity contribution in [2.24, 2.45) is 0 Å². The SMILES string of the molecule is OCCCCCCNc1nc2ccccc2o1. The zero-order valence-corrected chi connectivity index (χ0v) is 9.85. The number of aliphatic hydroxyl groups excluding tert-OH is 1. The quantitative estimate of drug-likeness (QED) is 0.723. The zero-order chi connectivity index (χ0) is 11.9. The highest BCUT2D eigenvalue weighted by Crippen LogP contribution is 2.17. The van der Waals surface area contributed by atoms with Crippen LogP contribution in [0.2, 0.25) is 0 Å². The Bertz CT molecular complexity index is 420. The molecule has 2 rings (SSSR count). The molecule has 2 N–H and O–H groups in total. The fraction of sp³-hybridized carbons (Fsp3) is 0.462. The van der Waals surface area contributed by atoms with E-state index in [1.807, 2.05) is 24.3 Å². The van der Waals surface area contributed by atoms with E-state index in [0.717, 1.165) is 43.3 Å². The first kappa shape index (κ1) is 11.9. The molecule has 0 aliphatic heterocycles. The number of nitrogens with zero attached hydrogens (tertiary/aromatic N) is 1. The number of hydrogen-bond acceptors (Lipinski definition) is 4. The second kappa shape index (κ2) is 6.25. The Morgan fingerprint density at radius 3 is 2.76 bits per heavy atom. The van der Waals surface area contributed by atoms with Crippen molar-refractivity contribution in [3.63, 3.8) is 0 Å². The first-order valence-corrected chi connectivity index (χ1v) is 6.10. The molecule has 0 amide bonds. The summed E-state index contributed by atoms with van der Waals surface area (Å²) in [7, 11) is 0. The Labute approximate surface area is 101 Å². The van der Waals surface area contributed by atoms with E-state index in [0.29, 0.717) is 12.6 Å². The van der Waals surface area contributed by atoms with Gasteiger partial charge in [0.25, 0.3) is 6.01 Å². The highest BCUT2D eigenvalue weighted by Gasteiger charge is 2.02. The minimum absolute atomic E-state index is 0.290. The molecule has 1 heterocycles. The molecule has 2 aromatic rings. The van der Waals surface area contributed by atoms with Crippen molar-refractivity contribution in [3.05, 3.63) is 24.3 Å². The van der Waals surface area contributed by atoms with E-state index in [1.165, 1.54) is 0 Å². The lowest BCUT2D eigenvalue weighted by Gasteiger charge is -2.00. The molecule has 92 valence electrons. The Morgan fingerprint density at radius 2 is 1.94 bits per heavy atom. The molecule has 0 radical (unpaired) electrons. The molecule has 0 saturated carbocycles. The lowest BCUT2D eigenvalue weighted by atomic mass is 10.2. The minimum Gasteiger partial charge on any atom is -0.424 e. The van der Waals surface area contributed by atoms with Gasteiger partial charge in [0.05, 0.1) is 0 Å². The van der Waals surface area contributed by atoms with Gasteiger partial charge in [-0.2, -0.15) is 4.98 Å². The number of oxazole rings is 1. The van der Waals surface area contributed by atoms with Crippen LogP contribution in [-0.2, 0) is 0 Å². The van der Waals surface area contributed by atoms with Crippen LogP contribution in [0.3, 0.4) is 0 Å². The van der Waals surface area contributed by atoms with Gasteiger partial charge in [0.15, 0.2) is 5.58 Å². The van der Waals surface area contributed by atoms with Crippen LogP contribution in [-0.4, -0.2) is 23.2 Å². The number of anilines is 1. The number of benzene rings is 1. The van der Waals surface area contributed by atoms with Crippen LogP contribution >= 0.6 is 0 Å². The van der Waals surface area contributed by atoms with Crippen LogP contribution in [0.4, 0.5) is 6.01 Å². The molecule has 0 fully saturated rings. The van der Waals surface area contributed by atoms with Crippen LogP contribution in [0.15, 0.2) is 28.7 Å². The van der Waals surface area contributed by atoms with Crippen LogP contribution in [0.1, 0.15) is 25.7 Å². The number of aliphatic hydroxyl groups is 1. The summed E-state index contributed by atoms with van der Waals surface area (Å²) in [5.41, 5.74) is 1.70. The van der Waals surface area contributed by atoms with E-state index in [4.69, 9.17) is 9.52 Å². The van der Waals surface area contributed by atoms with Crippen molar-refractivity contribution in [1.29, 1.82) is 0 Å². The van der Waals surface area contributed by atoms with Crippen LogP contribution in [0, 0.1) is 0 Å². The second-order valence-electron chi connectivity index (χ2n) is 4.05. The Kier molecular flexibility index (Phi) is 4.38. The third-order valence-electron chi connectivity index (χ3n) is 2.66. The van der Waals surface area contributed by atoms with Gasteiger partial charge in [-0.15, -0.1) is 0 Å². The summed E-state index contributed by atoms with van der Waals surface area (Å²) in [4.78, 5) is 4.33. The molecule has 1 aromatic heterocycles. The Balaban J connectivity index is 1.75.